The fraction of sp³-hybridized carbons (Fsp3) is 0.500. The van der Waals surface area contributed by atoms with Crippen LogP contribution in [0.2, 0.25) is 0 Å². The number of aryl methyl sites for hydroxylation is 1. The van der Waals surface area contributed by atoms with Crippen molar-refractivity contribution in [2.24, 2.45) is 7.05 Å². The molecule has 1 saturated heterocycles. The number of methoxy groups -OCH3 is 1. The van der Waals surface area contributed by atoms with Gasteiger partial charge in [-0.15, -0.1) is 0 Å². The fourth-order valence-corrected chi connectivity index (χ4v) is 3.12. The Morgan fingerprint density at radius 3 is 2.80 bits per heavy atom. The smallest absolute Gasteiger partial charge is 0.343 e. The number of aromatic nitrogens is 2. The molecule has 0 aliphatic carbocycles. The maximum absolute atomic E-state index is 12.1. The summed E-state index contributed by atoms with van der Waals surface area (Å²) in [5.74, 6) is -0.255. The van der Waals surface area contributed by atoms with Crippen LogP contribution in [0.5, 0.6) is 0 Å². The molecular formula is C12H15N3O4S. The summed E-state index contributed by atoms with van der Waals surface area (Å²) in [5, 5.41) is 3.88. The maximum atomic E-state index is 12.1. The summed E-state index contributed by atoms with van der Waals surface area (Å²) in [6, 6.07) is 0. The highest BCUT2D eigenvalue weighted by Gasteiger charge is 2.36. The highest BCUT2D eigenvalue weighted by molar-refractivity contribution is 8.14. The highest BCUT2D eigenvalue weighted by atomic mass is 32.2. The number of carbonyl (C=O) groups excluding carboxylic acids is 3. The Labute approximate surface area is 120 Å². The first-order valence-corrected chi connectivity index (χ1v) is 6.90. The van der Waals surface area contributed by atoms with E-state index in [9.17, 15) is 14.4 Å². The van der Waals surface area contributed by atoms with Crippen LogP contribution >= 0.6 is 11.8 Å². The normalized spacial score (nSPS) is 18.4. The Hall–Kier alpha value is -1.83. The van der Waals surface area contributed by atoms with E-state index in [1.165, 1.54) is 29.8 Å². The largest absolute Gasteiger partial charge is 0.465 e. The van der Waals surface area contributed by atoms with Gasteiger partial charge in [-0.25, -0.2) is 4.79 Å². The molecule has 1 atom stereocenters. The fourth-order valence-electron chi connectivity index (χ4n) is 2.20. The van der Waals surface area contributed by atoms with Gasteiger partial charge in [0.15, 0.2) is 5.12 Å². The van der Waals surface area contributed by atoms with Crippen LogP contribution in [-0.2, 0) is 21.4 Å². The zero-order valence-corrected chi connectivity index (χ0v) is 12.3. The Bertz CT molecular complexity index is 569. The standard InChI is InChI=1S/C12H15N3O4S/c1-7(16)20-8-4-10(17)15(6-8)11-9(12(18)19-3)5-13-14(11)2/h5,8H,4,6H2,1-3H3. The van der Waals surface area contributed by atoms with E-state index in [0.29, 0.717) is 12.4 Å². The number of nitrogens with zero attached hydrogens (tertiary/aromatic N) is 3. The van der Waals surface area contributed by atoms with Gasteiger partial charge in [0.05, 0.1) is 13.3 Å². The Morgan fingerprint density at radius 2 is 2.20 bits per heavy atom. The van der Waals surface area contributed by atoms with E-state index in [1.54, 1.807) is 7.05 Å². The van der Waals surface area contributed by atoms with E-state index in [2.05, 4.69) is 9.84 Å². The molecule has 1 aromatic rings. The second kappa shape index (κ2) is 5.66. The number of hydrogen-bond acceptors (Lipinski definition) is 6. The van der Waals surface area contributed by atoms with E-state index in [4.69, 9.17) is 0 Å². The van der Waals surface area contributed by atoms with Gasteiger partial charge in [-0.1, -0.05) is 11.8 Å². The molecule has 1 aromatic heterocycles. The highest BCUT2D eigenvalue weighted by Crippen LogP contribution is 2.30. The summed E-state index contributed by atoms with van der Waals surface area (Å²) in [5.41, 5.74) is 0.247. The molecule has 20 heavy (non-hydrogen) atoms. The second-order valence-corrected chi connectivity index (χ2v) is 5.91. The molecule has 0 aromatic carbocycles. The third kappa shape index (κ3) is 2.69. The number of ether oxygens (including phenoxy) is 1. The maximum Gasteiger partial charge on any atom is 0.343 e. The van der Waals surface area contributed by atoms with Gasteiger partial charge in [-0.2, -0.15) is 5.10 Å². The van der Waals surface area contributed by atoms with Crippen molar-refractivity contribution in [3.63, 3.8) is 0 Å². The topological polar surface area (TPSA) is 81.5 Å². The Balaban J connectivity index is 2.28. The lowest BCUT2D eigenvalue weighted by molar-refractivity contribution is -0.117. The minimum absolute atomic E-state index is 0.0251. The number of carbonyl (C=O) groups is 3. The first kappa shape index (κ1) is 14.6. The molecule has 1 aliphatic rings. The predicted octanol–water partition coefficient (Wildman–Crippen LogP) is 0.592. The number of thioether (sulfide) groups is 1. The van der Waals surface area contributed by atoms with Gasteiger partial charge in [0, 0.05) is 32.2 Å². The van der Waals surface area contributed by atoms with Crippen LogP contribution in [0, 0.1) is 0 Å². The van der Waals surface area contributed by atoms with Crippen molar-refractivity contribution in [2.45, 2.75) is 18.6 Å². The van der Waals surface area contributed by atoms with E-state index < -0.39 is 5.97 Å². The van der Waals surface area contributed by atoms with Crippen molar-refractivity contribution in [3.05, 3.63) is 11.8 Å². The summed E-state index contributed by atoms with van der Waals surface area (Å²) in [4.78, 5) is 36.4. The molecule has 1 aliphatic heterocycles. The third-order valence-electron chi connectivity index (χ3n) is 2.99. The van der Waals surface area contributed by atoms with Gasteiger partial charge in [0.25, 0.3) is 0 Å². The predicted molar refractivity (Wildman–Crippen MR) is 73.6 cm³/mol. The Kier molecular flexibility index (Phi) is 4.12. The zero-order valence-electron chi connectivity index (χ0n) is 11.5. The first-order chi connectivity index (χ1) is 9.43. The quantitative estimate of drug-likeness (QED) is 0.760. The summed E-state index contributed by atoms with van der Waals surface area (Å²) >= 11 is 1.15. The van der Waals surface area contributed by atoms with E-state index in [-0.39, 0.29) is 28.3 Å². The molecule has 0 N–H and O–H groups in total. The molecule has 8 heteroatoms. The summed E-state index contributed by atoms with van der Waals surface area (Å²) in [6.07, 6.45) is 1.65. The number of anilines is 1. The molecular weight excluding hydrogens is 282 g/mol. The molecule has 1 unspecified atom stereocenters. The number of esters is 1. The molecule has 7 nitrogen and oxygen atoms in total. The number of amides is 1. The number of rotatable bonds is 3. The van der Waals surface area contributed by atoms with E-state index >= 15 is 0 Å². The van der Waals surface area contributed by atoms with Crippen molar-refractivity contribution in [2.75, 3.05) is 18.6 Å². The SMILES string of the molecule is COC(=O)c1cnn(C)c1N1CC(SC(C)=O)CC1=O. The average molecular weight is 297 g/mol. The van der Waals surface area contributed by atoms with Crippen molar-refractivity contribution < 1.29 is 19.1 Å². The lowest BCUT2D eigenvalue weighted by Crippen LogP contribution is -2.29. The van der Waals surface area contributed by atoms with Gasteiger partial charge in [0.1, 0.15) is 11.4 Å². The van der Waals surface area contributed by atoms with Gasteiger partial charge >= 0.3 is 5.97 Å². The summed E-state index contributed by atoms with van der Waals surface area (Å²) in [6.45, 7) is 1.86. The molecule has 0 bridgehead atoms. The first-order valence-electron chi connectivity index (χ1n) is 6.02. The van der Waals surface area contributed by atoms with Crippen LogP contribution < -0.4 is 4.90 Å². The van der Waals surface area contributed by atoms with E-state index in [1.807, 2.05) is 0 Å². The molecule has 108 valence electrons. The molecule has 0 saturated carbocycles. The molecule has 2 rings (SSSR count). The Morgan fingerprint density at radius 1 is 1.50 bits per heavy atom. The summed E-state index contributed by atoms with van der Waals surface area (Å²) in [7, 11) is 2.93. The average Bonchev–Trinajstić information content (AvgIpc) is 2.91. The zero-order chi connectivity index (χ0) is 14.9. The monoisotopic (exact) mass is 297 g/mol. The van der Waals surface area contributed by atoms with Crippen molar-refractivity contribution in [3.8, 4) is 0 Å². The van der Waals surface area contributed by atoms with E-state index in [0.717, 1.165) is 11.8 Å². The van der Waals surface area contributed by atoms with Crippen molar-refractivity contribution >= 4 is 34.6 Å². The second-order valence-electron chi connectivity index (χ2n) is 4.44. The molecule has 0 spiro atoms. The van der Waals surface area contributed by atoms with Crippen LogP contribution in [0.4, 0.5) is 5.82 Å². The molecule has 0 radical (unpaired) electrons. The van der Waals surface area contributed by atoms with Gasteiger partial charge in [0.2, 0.25) is 5.91 Å². The van der Waals surface area contributed by atoms with Gasteiger partial charge in [-0.3, -0.25) is 19.2 Å². The lowest BCUT2D eigenvalue weighted by Gasteiger charge is -2.17. The van der Waals surface area contributed by atoms with Crippen LogP contribution in [-0.4, -0.2) is 45.7 Å². The molecule has 1 fully saturated rings. The van der Waals surface area contributed by atoms with Gasteiger partial charge < -0.3 is 4.74 Å². The van der Waals surface area contributed by atoms with Crippen LogP contribution in [0.3, 0.4) is 0 Å². The van der Waals surface area contributed by atoms with Crippen LogP contribution in [0.25, 0.3) is 0 Å². The minimum Gasteiger partial charge on any atom is -0.465 e. The summed E-state index contributed by atoms with van der Waals surface area (Å²) < 4.78 is 6.15. The molecule has 1 amide bonds. The van der Waals surface area contributed by atoms with Crippen LogP contribution in [0.1, 0.15) is 23.7 Å². The minimum atomic E-state index is -0.538. The lowest BCUT2D eigenvalue weighted by atomic mass is 10.3. The van der Waals surface area contributed by atoms with Crippen molar-refractivity contribution in [1.82, 2.24) is 9.78 Å². The van der Waals surface area contributed by atoms with Gasteiger partial charge in [-0.05, 0) is 0 Å². The van der Waals surface area contributed by atoms with Crippen molar-refractivity contribution in [1.29, 1.82) is 0 Å². The number of hydrogen-bond donors (Lipinski definition) is 0. The third-order valence-corrected chi connectivity index (χ3v) is 3.97. The molecule has 2 heterocycles. The van der Waals surface area contributed by atoms with Crippen LogP contribution in [0.15, 0.2) is 6.20 Å².